The highest BCUT2D eigenvalue weighted by atomic mass is 32.2. The summed E-state index contributed by atoms with van der Waals surface area (Å²) < 4.78 is 5.41. The van der Waals surface area contributed by atoms with Crippen LogP contribution >= 0.6 is 23.1 Å². The number of hydrogen-bond acceptors (Lipinski definition) is 6. The smallest absolute Gasteiger partial charge is 0.227 e. The van der Waals surface area contributed by atoms with Crippen LogP contribution in [0, 0.1) is 6.92 Å². The second-order valence-corrected chi connectivity index (χ2v) is 7.73. The zero-order valence-corrected chi connectivity index (χ0v) is 15.4. The molecule has 0 bridgehead atoms. The van der Waals surface area contributed by atoms with Crippen molar-refractivity contribution < 1.29 is 9.53 Å². The van der Waals surface area contributed by atoms with E-state index >= 15 is 0 Å². The highest BCUT2D eigenvalue weighted by Gasteiger charge is 2.18. The molecule has 0 spiro atoms. The van der Waals surface area contributed by atoms with Crippen molar-refractivity contribution in [3.63, 3.8) is 0 Å². The van der Waals surface area contributed by atoms with E-state index in [1.165, 1.54) is 11.3 Å². The van der Waals surface area contributed by atoms with Crippen LogP contribution in [0.25, 0.3) is 11.3 Å². The molecule has 2 N–H and O–H groups in total. The summed E-state index contributed by atoms with van der Waals surface area (Å²) in [4.78, 5) is 16.7. The molecule has 1 amide bonds. The highest BCUT2D eigenvalue weighted by Crippen LogP contribution is 2.33. The molecule has 1 aliphatic rings. The van der Waals surface area contributed by atoms with Gasteiger partial charge in [-0.2, -0.15) is 11.8 Å². The number of amides is 1. The Bertz CT molecular complexity index is 712. The van der Waals surface area contributed by atoms with Crippen molar-refractivity contribution in [2.45, 2.75) is 19.4 Å². The van der Waals surface area contributed by atoms with Crippen LogP contribution in [0.15, 0.2) is 23.6 Å². The Morgan fingerprint density at radius 2 is 2.38 bits per heavy atom. The van der Waals surface area contributed by atoms with Crippen molar-refractivity contribution >= 4 is 34.1 Å². The molecule has 0 aliphatic carbocycles. The fourth-order valence-corrected chi connectivity index (χ4v) is 4.30. The minimum absolute atomic E-state index is 0.00658. The summed E-state index contributed by atoms with van der Waals surface area (Å²) in [6.07, 6.45) is 0.482. The third kappa shape index (κ3) is 4.28. The van der Waals surface area contributed by atoms with E-state index in [0.29, 0.717) is 11.6 Å². The molecule has 0 radical (unpaired) electrons. The Labute approximate surface area is 150 Å². The Morgan fingerprint density at radius 3 is 3.12 bits per heavy atom. The molecule has 1 atom stereocenters. The number of benzene rings is 1. The second kappa shape index (κ2) is 8.00. The lowest BCUT2D eigenvalue weighted by molar-refractivity contribution is -0.116. The van der Waals surface area contributed by atoms with Gasteiger partial charge in [0, 0.05) is 41.5 Å². The maximum absolute atomic E-state index is 12.2. The van der Waals surface area contributed by atoms with Crippen molar-refractivity contribution in [3.8, 4) is 17.0 Å². The van der Waals surface area contributed by atoms with Gasteiger partial charge in [-0.3, -0.25) is 4.79 Å². The first kappa shape index (κ1) is 17.3. The van der Waals surface area contributed by atoms with Gasteiger partial charge >= 0.3 is 0 Å². The molecule has 3 rings (SSSR count). The molecular weight excluding hydrogens is 342 g/mol. The Morgan fingerprint density at radius 1 is 1.50 bits per heavy atom. The summed E-state index contributed by atoms with van der Waals surface area (Å²) in [5.74, 6) is 2.89. The summed E-state index contributed by atoms with van der Waals surface area (Å²) in [5, 5.41) is 8.86. The van der Waals surface area contributed by atoms with Gasteiger partial charge in [0.25, 0.3) is 0 Å². The van der Waals surface area contributed by atoms with E-state index in [1.807, 2.05) is 42.3 Å². The van der Waals surface area contributed by atoms with Gasteiger partial charge in [0.2, 0.25) is 5.91 Å². The van der Waals surface area contributed by atoms with E-state index in [9.17, 15) is 4.79 Å². The molecule has 2 aromatic rings. The van der Waals surface area contributed by atoms with E-state index in [-0.39, 0.29) is 11.9 Å². The molecule has 24 heavy (non-hydrogen) atoms. The summed E-state index contributed by atoms with van der Waals surface area (Å²) in [5.41, 5.74) is 2.91. The van der Waals surface area contributed by atoms with Crippen LogP contribution in [0.1, 0.15) is 12.0 Å². The Balaban J connectivity index is 1.67. The van der Waals surface area contributed by atoms with Crippen molar-refractivity contribution in [2.75, 3.05) is 30.5 Å². The standard InChI is InChI=1S/C17H21N3O2S2/c1-11-3-4-15(22-2)13(7-11)14-10-24-17(19-14)20-16(21)8-12-9-23-6-5-18-12/h3-4,7,10,12,18H,5-6,8-9H2,1-2H3,(H,19,20,21). The molecule has 1 unspecified atom stereocenters. The van der Waals surface area contributed by atoms with Crippen LogP contribution in [0.2, 0.25) is 0 Å². The lowest BCUT2D eigenvalue weighted by Crippen LogP contribution is -2.39. The third-order valence-corrected chi connectivity index (χ3v) is 5.70. The van der Waals surface area contributed by atoms with Gasteiger partial charge < -0.3 is 15.4 Å². The lowest BCUT2D eigenvalue weighted by Gasteiger charge is -2.22. The average Bonchev–Trinajstić information content (AvgIpc) is 3.04. The summed E-state index contributed by atoms with van der Waals surface area (Å²) in [6, 6.07) is 6.24. The van der Waals surface area contributed by atoms with Gasteiger partial charge in [-0.25, -0.2) is 4.98 Å². The van der Waals surface area contributed by atoms with Crippen molar-refractivity contribution in [3.05, 3.63) is 29.1 Å². The summed E-state index contributed by atoms with van der Waals surface area (Å²) >= 11 is 3.32. The van der Waals surface area contributed by atoms with Crippen LogP contribution < -0.4 is 15.4 Å². The predicted molar refractivity (Wildman–Crippen MR) is 101 cm³/mol. The zero-order valence-electron chi connectivity index (χ0n) is 13.8. The fraction of sp³-hybridized carbons (Fsp3) is 0.412. The molecule has 1 aromatic heterocycles. The largest absolute Gasteiger partial charge is 0.496 e. The van der Waals surface area contributed by atoms with Crippen LogP contribution in [0.3, 0.4) is 0 Å². The van der Waals surface area contributed by atoms with Gasteiger partial charge in [0.05, 0.1) is 12.8 Å². The number of rotatable bonds is 5. The maximum Gasteiger partial charge on any atom is 0.227 e. The first-order valence-electron chi connectivity index (χ1n) is 7.87. The predicted octanol–water partition coefficient (Wildman–Crippen LogP) is 3.16. The molecular formula is C17H21N3O2S2. The number of thiazole rings is 1. The van der Waals surface area contributed by atoms with E-state index in [0.717, 1.165) is 40.6 Å². The molecule has 7 heteroatoms. The van der Waals surface area contributed by atoms with E-state index < -0.39 is 0 Å². The quantitative estimate of drug-likeness (QED) is 0.854. The van der Waals surface area contributed by atoms with Gasteiger partial charge in [-0.15, -0.1) is 11.3 Å². The molecule has 0 saturated carbocycles. The summed E-state index contributed by atoms with van der Waals surface area (Å²) in [6.45, 7) is 3.00. The number of thioether (sulfide) groups is 1. The minimum Gasteiger partial charge on any atom is -0.496 e. The van der Waals surface area contributed by atoms with E-state index in [1.54, 1.807) is 7.11 Å². The maximum atomic E-state index is 12.2. The topological polar surface area (TPSA) is 63.2 Å². The number of carbonyl (C=O) groups is 1. The molecule has 5 nitrogen and oxygen atoms in total. The van der Waals surface area contributed by atoms with Crippen LogP contribution in [-0.2, 0) is 4.79 Å². The van der Waals surface area contributed by atoms with Crippen molar-refractivity contribution in [2.24, 2.45) is 0 Å². The number of nitrogens with one attached hydrogen (secondary N) is 2. The zero-order chi connectivity index (χ0) is 16.9. The number of aromatic nitrogens is 1. The number of anilines is 1. The van der Waals surface area contributed by atoms with Crippen molar-refractivity contribution in [1.29, 1.82) is 0 Å². The Kier molecular flexibility index (Phi) is 5.76. The normalized spacial score (nSPS) is 17.5. The number of methoxy groups -OCH3 is 1. The van der Waals surface area contributed by atoms with Gasteiger partial charge in [0.1, 0.15) is 5.75 Å². The molecule has 1 aliphatic heterocycles. The number of ether oxygens (including phenoxy) is 1. The molecule has 1 fully saturated rings. The lowest BCUT2D eigenvalue weighted by atomic mass is 10.1. The average molecular weight is 364 g/mol. The van der Waals surface area contributed by atoms with Crippen molar-refractivity contribution in [1.82, 2.24) is 10.3 Å². The SMILES string of the molecule is COc1ccc(C)cc1-c1csc(NC(=O)CC2CSCCN2)n1. The third-order valence-electron chi connectivity index (χ3n) is 3.81. The molecule has 1 saturated heterocycles. The van der Waals surface area contributed by atoms with E-state index in [4.69, 9.17) is 4.74 Å². The van der Waals surface area contributed by atoms with E-state index in [2.05, 4.69) is 15.6 Å². The van der Waals surface area contributed by atoms with Gasteiger partial charge in [0.15, 0.2) is 5.13 Å². The first-order valence-corrected chi connectivity index (χ1v) is 9.90. The Hall–Kier alpha value is -1.57. The van der Waals surface area contributed by atoms with Gasteiger partial charge in [-0.1, -0.05) is 11.6 Å². The molecule has 128 valence electrons. The van der Waals surface area contributed by atoms with Crippen LogP contribution in [0.4, 0.5) is 5.13 Å². The fourth-order valence-electron chi connectivity index (χ4n) is 2.62. The van der Waals surface area contributed by atoms with Crippen LogP contribution in [0.5, 0.6) is 5.75 Å². The molecule has 2 heterocycles. The summed E-state index contributed by atoms with van der Waals surface area (Å²) in [7, 11) is 1.65. The highest BCUT2D eigenvalue weighted by molar-refractivity contribution is 7.99. The van der Waals surface area contributed by atoms with Crippen LogP contribution in [-0.4, -0.2) is 42.1 Å². The molecule has 1 aromatic carbocycles. The van der Waals surface area contributed by atoms with Gasteiger partial charge in [-0.05, 0) is 19.1 Å². The second-order valence-electron chi connectivity index (χ2n) is 5.72. The number of aryl methyl sites for hydroxylation is 1. The minimum atomic E-state index is 0.00658. The number of hydrogen-bond donors (Lipinski definition) is 2. The number of nitrogens with zero attached hydrogens (tertiary/aromatic N) is 1. The monoisotopic (exact) mass is 363 g/mol. The first-order chi connectivity index (χ1) is 11.7. The number of carbonyl (C=O) groups excluding carboxylic acids is 1.